The maximum atomic E-state index is 11.6. The number of carboxylic acids is 1. The van der Waals surface area contributed by atoms with Gasteiger partial charge in [-0.25, -0.2) is 0 Å². The highest BCUT2D eigenvalue weighted by Gasteiger charge is 2.47. The van der Waals surface area contributed by atoms with E-state index in [9.17, 15) is 14.7 Å². The Hall–Kier alpha value is -0.940. The van der Waals surface area contributed by atoms with Crippen LogP contribution in [0.15, 0.2) is 0 Å². The van der Waals surface area contributed by atoms with E-state index in [0.29, 0.717) is 12.8 Å². The van der Waals surface area contributed by atoms with Crippen LogP contribution in [0.1, 0.15) is 32.1 Å². The number of aliphatic hydroxyl groups excluding tert-OH is 2. The van der Waals surface area contributed by atoms with Gasteiger partial charge in [0.2, 0.25) is 0 Å². The first-order valence-corrected chi connectivity index (χ1v) is 5.08. The van der Waals surface area contributed by atoms with Gasteiger partial charge >= 0.3 is 5.97 Å². The number of hydrogen-bond acceptors (Lipinski definition) is 4. The summed E-state index contributed by atoms with van der Waals surface area (Å²) in [5.41, 5.74) is -1.47. The monoisotopic (exact) mass is 216 g/mol. The van der Waals surface area contributed by atoms with Gasteiger partial charge < -0.3 is 15.3 Å². The molecule has 0 aromatic carbocycles. The smallest absolute Gasteiger partial charge is 0.317 e. The molecule has 0 aromatic heterocycles. The number of aliphatic carboxylic acids is 1. The molecule has 1 aliphatic carbocycles. The van der Waals surface area contributed by atoms with Crippen molar-refractivity contribution in [1.82, 2.24) is 0 Å². The molecule has 0 spiro atoms. The largest absolute Gasteiger partial charge is 0.480 e. The van der Waals surface area contributed by atoms with Crippen molar-refractivity contribution in [2.75, 3.05) is 6.61 Å². The lowest BCUT2D eigenvalue weighted by Gasteiger charge is -2.32. The van der Waals surface area contributed by atoms with Crippen molar-refractivity contribution in [2.24, 2.45) is 5.41 Å². The van der Waals surface area contributed by atoms with Crippen LogP contribution in [0.4, 0.5) is 0 Å². The van der Waals surface area contributed by atoms with Crippen molar-refractivity contribution in [3.8, 4) is 0 Å². The van der Waals surface area contributed by atoms with Crippen molar-refractivity contribution < 1.29 is 24.9 Å². The lowest BCUT2D eigenvalue weighted by atomic mass is 9.69. The molecule has 0 saturated heterocycles. The highest BCUT2D eigenvalue weighted by Crippen LogP contribution is 2.37. The molecule has 0 radical (unpaired) electrons. The van der Waals surface area contributed by atoms with Crippen molar-refractivity contribution >= 4 is 11.8 Å². The summed E-state index contributed by atoms with van der Waals surface area (Å²) in [5, 5.41) is 27.1. The van der Waals surface area contributed by atoms with E-state index in [0.717, 1.165) is 0 Å². The van der Waals surface area contributed by atoms with Crippen LogP contribution in [0.25, 0.3) is 0 Å². The summed E-state index contributed by atoms with van der Waals surface area (Å²) in [6, 6.07) is 0. The van der Waals surface area contributed by atoms with E-state index in [-0.39, 0.29) is 25.0 Å². The fraction of sp³-hybridized carbons (Fsp3) is 0.800. The van der Waals surface area contributed by atoms with Crippen LogP contribution in [-0.2, 0) is 9.59 Å². The minimum Gasteiger partial charge on any atom is -0.480 e. The molecule has 0 aromatic rings. The summed E-state index contributed by atoms with van der Waals surface area (Å²) in [6.45, 7) is -0.512. The van der Waals surface area contributed by atoms with Crippen molar-refractivity contribution in [3.63, 3.8) is 0 Å². The van der Waals surface area contributed by atoms with Crippen LogP contribution in [-0.4, -0.2) is 39.8 Å². The van der Waals surface area contributed by atoms with Gasteiger partial charge in [0.25, 0.3) is 0 Å². The molecule has 0 heterocycles. The van der Waals surface area contributed by atoms with E-state index < -0.39 is 24.1 Å². The summed E-state index contributed by atoms with van der Waals surface area (Å²) < 4.78 is 0. The topological polar surface area (TPSA) is 94.8 Å². The second-order valence-corrected chi connectivity index (χ2v) is 4.06. The summed E-state index contributed by atoms with van der Waals surface area (Å²) in [5.74, 6) is -1.51. The van der Waals surface area contributed by atoms with Gasteiger partial charge in [-0.3, -0.25) is 9.59 Å². The quantitative estimate of drug-likeness (QED) is 0.572. The van der Waals surface area contributed by atoms with Gasteiger partial charge in [-0.1, -0.05) is 6.42 Å². The van der Waals surface area contributed by atoms with E-state index in [1.54, 1.807) is 0 Å². The Labute approximate surface area is 87.7 Å². The fourth-order valence-corrected chi connectivity index (χ4v) is 2.09. The molecule has 1 fully saturated rings. The molecular weight excluding hydrogens is 200 g/mol. The van der Waals surface area contributed by atoms with Gasteiger partial charge in [-0.2, -0.15) is 0 Å². The third kappa shape index (κ3) is 2.35. The first kappa shape index (κ1) is 12.1. The van der Waals surface area contributed by atoms with E-state index in [1.165, 1.54) is 0 Å². The van der Waals surface area contributed by atoms with Crippen molar-refractivity contribution in [1.29, 1.82) is 0 Å². The first-order valence-electron chi connectivity index (χ1n) is 5.08. The number of hydrogen-bond donors (Lipinski definition) is 3. The molecule has 5 heteroatoms. The van der Waals surface area contributed by atoms with E-state index in [1.807, 2.05) is 0 Å². The Kier molecular flexibility index (Phi) is 3.82. The average Bonchev–Trinajstić information content (AvgIpc) is 2.21. The molecule has 1 rings (SSSR count). The van der Waals surface area contributed by atoms with Crippen LogP contribution in [0.3, 0.4) is 0 Å². The molecule has 86 valence electrons. The second-order valence-electron chi connectivity index (χ2n) is 4.06. The zero-order valence-electron chi connectivity index (χ0n) is 8.48. The molecule has 15 heavy (non-hydrogen) atoms. The van der Waals surface area contributed by atoms with Crippen molar-refractivity contribution in [3.05, 3.63) is 0 Å². The fourth-order valence-electron chi connectivity index (χ4n) is 2.09. The third-order valence-corrected chi connectivity index (χ3v) is 3.00. The Morgan fingerprint density at radius 3 is 2.60 bits per heavy atom. The summed E-state index contributed by atoms with van der Waals surface area (Å²) in [6.07, 6.45) is 0.586. The Morgan fingerprint density at radius 2 is 2.13 bits per heavy atom. The van der Waals surface area contributed by atoms with Crippen LogP contribution >= 0.6 is 0 Å². The minimum absolute atomic E-state index is 0.183. The number of ketones is 1. The van der Waals surface area contributed by atoms with Crippen molar-refractivity contribution in [2.45, 2.75) is 38.2 Å². The van der Waals surface area contributed by atoms with Gasteiger partial charge in [0, 0.05) is 6.42 Å². The Bertz CT molecular complexity index is 263. The molecule has 0 aliphatic heterocycles. The molecule has 1 aliphatic rings. The molecule has 3 N–H and O–H groups in total. The predicted octanol–water partition coefficient (Wildman–Crippen LogP) is -0.0562. The Balaban J connectivity index is 2.86. The molecule has 5 nitrogen and oxygen atoms in total. The van der Waals surface area contributed by atoms with Gasteiger partial charge in [0.15, 0.2) is 0 Å². The maximum Gasteiger partial charge on any atom is 0.317 e. The molecule has 2 unspecified atom stereocenters. The third-order valence-electron chi connectivity index (χ3n) is 3.00. The lowest BCUT2D eigenvalue weighted by Crippen LogP contribution is -2.44. The first-order chi connectivity index (χ1) is 7.03. The minimum atomic E-state index is -1.47. The number of carboxylic acid groups (broad SMARTS) is 1. The molecule has 0 bridgehead atoms. The molecule has 2 atom stereocenters. The predicted molar refractivity (Wildman–Crippen MR) is 51.3 cm³/mol. The number of aliphatic hydroxyl groups is 2. The highest BCUT2D eigenvalue weighted by atomic mass is 16.4. The highest BCUT2D eigenvalue weighted by molar-refractivity contribution is 6.03. The van der Waals surface area contributed by atoms with Crippen LogP contribution < -0.4 is 0 Å². The summed E-state index contributed by atoms with van der Waals surface area (Å²) in [4.78, 5) is 22.8. The number of carbonyl (C=O) groups excluding carboxylic acids is 1. The average molecular weight is 216 g/mol. The van der Waals surface area contributed by atoms with E-state index >= 15 is 0 Å². The maximum absolute atomic E-state index is 11.6. The Morgan fingerprint density at radius 1 is 1.47 bits per heavy atom. The standard InChI is InChI=1S/C10H16O5/c11-6-7(12)5-10(9(14)15)4-2-1-3-8(10)13/h7,11-12H,1-6H2,(H,14,15). The van der Waals surface area contributed by atoms with Gasteiger partial charge in [0.1, 0.15) is 11.2 Å². The number of Topliss-reactive ketones (excluding diaryl/α,β-unsaturated/α-hetero) is 1. The van der Waals surface area contributed by atoms with Crippen LogP contribution in [0.2, 0.25) is 0 Å². The van der Waals surface area contributed by atoms with Crippen LogP contribution in [0, 0.1) is 5.41 Å². The van der Waals surface area contributed by atoms with E-state index in [2.05, 4.69) is 0 Å². The zero-order valence-corrected chi connectivity index (χ0v) is 8.48. The SMILES string of the molecule is O=C(O)C1(CC(O)CO)CCCCC1=O. The normalized spacial score (nSPS) is 28.8. The summed E-state index contributed by atoms with van der Waals surface area (Å²) >= 11 is 0. The molecule has 0 amide bonds. The van der Waals surface area contributed by atoms with Gasteiger partial charge in [-0.15, -0.1) is 0 Å². The molecule has 1 saturated carbocycles. The summed E-state index contributed by atoms with van der Waals surface area (Å²) in [7, 11) is 0. The van der Waals surface area contributed by atoms with E-state index in [4.69, 9.17) is 10.2 Å². The number of carbonyl (C=O) groups is 2. The lowest BCUT2D eigenvalue weighted by molar-refractivity contribution is -0.160. The van der Waals surface area contributed by atoms with Crippen LogP contribution in [0.5, 0.6) is 0 Å². The zero-order chi connectivity index (χ0) is 11.5. The van der Waals surface area contributed by atoms with Gasteiger partial charge in [-0.05, 0) is 19.3 Å². The van der Waals surface area contributed by atoms with Gasteiger partial charge in [0.05, 0.1) is 12.7 Å². The second kappa shape index (κ2) is 4.72. The molecular formula is C10H16O5. The number of rotatable bonds is 4.